The van der Waals surface area contributed by atoms with E-state index in [-0.39, 0.29) is 5.91 Å². The summed E-state index contributed by atoms with van der Waals surface area (Å²) in [4.78, 5) is 16.1. The third-order valence-electron chi connectivity index (χ3n) is 2.80. The van der Waals surface area contributed by atoms with E-state index in [1.165, 1.54) is 6.08 Å². The second kappa shape index (κ2) is 5.44. The number of rotatable bonds is 4. The zero-order valence-electron chi connectivity index (χ0n) is 10.7. The fourth-order valence-electron chi connectivity index (χ4n) is 1.85. The second-order valence-corrected chi connectivity index (χ2v) is 4.26. The SMILES string of the molecule is O=C(/C=C/c1ccco1)NCc1cn2ccccc2n1. The highest BCUT2D eigenvalue weighted by molar-refractivity contribution is 5.91. The first-order valence-corrected chi connectivity index (χ1v) is 6.23. The van der Waals surface area contributed by atoms with Gasteiger partial charge in [0.15, 0.2) is 0 Å². The van der Waals surface area contributed by atoms with Crippen LogP contribution in [0.2, 0.25) is 0 Å². The number of pyridine rings is 1. The van der Waals surface area contributed by atoms with Crippen LogP contribution in [0.4, 0.5) is 0 Å². The number of amides is 1. The predicted octanol–water partition coefficient (Wildman–Crippen LogP) is 2.26. The van der Waals surface area contributed by atoms with Gasteiger partial charge in [-0.2, -0.15) is 0 Å². The number of imidazole rings is 1. The molecule has 0 aromatic carbocycles. The van der Waals surface area contributed by atoms with Gasteiger partial charge in [-0.1, -0.05) is 6.07 Å². The van der Waals surface area contributed by atoms with Gasteiger partial charge in [0.05, 0.1) is 18.5 Å². The molecule has 1 N–H and O–H groups in total. The highest BCUT2D eigenvalue weighted by Gasteiger charge is 2.02. The zero-order valence-corrected chi connectivity index (χ0v) is 10.7. The molecule has 3 aromatic heterocycles. The van der Waals surface area contributed by atoms with Crippen molar-refractivity contribution in [1.29, 1.82) is 0 Å². The lowest BCUT2D eigenvalue weighted by molar-refractivity contribution is -0.116. The first-order valence-electron chi connectivity index (χ1n) is 6.23. The molecule has 0 fully saturated rings. The van der Waals surface area contributed by atoms with Gasteiger partial charge in [-0.25, -0.2) is 4.98 Å². The Morgan fingerprint density at radius 1 is 1.35 bits per heavy atom. The van der Waals surface area contributed by atoms with Crippen molar-refractivity contribution in [1.82, 2.24) is 14.7 Å². The van der Waals surface area contributed by atoms with Crippen molar-refractivity contribution in [3.05, 3.63) is 66.5 Å². The van der Waals surface area contributed by atoms with Crippen LogP contribution in [0, 0.1) is 0 Å². The molecule has 0 bridgehead atoms. The Morgan fingerprint density at radius 2 is 2.30 bits per heavy atom. The number of carbonyl (C=O) groups excluding carboxylic acids is 1. The summed E-state index contributed by atoms with van der Waals surface area (Å²) in [6.07, 6.45) is 8.44. The van der Waals surface area contributed by atoms with Crippen LogP contribution in [-0.4, -0.2) is 15.3 Å². The van der Waals surface area contributed by atoms with E-state index in [1.807, 2.05) is 35.0 Å². The van der Waals surface area contributed by atoms with Gasteiger partial charge in [-0.05, 0) is 30.3 Å². The molecule has 100 valence electrons. The van der Waals surface area contributed by atoms with Crippen LogP contribution in [0.1, 0.15) is 11.5 Å². The monoisotopic (exact) mass is 267 g/mol. The van der Waals surface area contributed by atoms with Crippen molar-refractivity contribution in [2.45, 2.75) is 6.54 Å². The molecule has 5 nitrogen and oxygen atoms in total. The Bertz CT molecular complexity index is 708. The lowest BCUT2D eigenvalue weighted by atomic mass is 10.4. The second-order valence-electron chi connectivity index (χ2n) is 4.26. The minimum Gasteiger partial charge on any atom is -0.465 e. The number of hydrogen-bond acceptors (Lipinski definition) is 3. The van der Waals surface area contributed by atoms with Gasteiger partial charge < -0.3 is 14.1 Å². The van der Waals surface area contributed by atoms with E-state index in [0.29, 0.717) is 12.3 Å². The molecule has 20 heavy (non-hydrogen) atoms. The van der Waals surface area contributed by atoms with Crippen LogP contribution in [-0.2, 0) is 11.3 Å². The normalized spacial score (nSPS) is 11.2. The summed E-state index contributed by atoms with van der Waals surface area (Å²) in [6, 6.07) is 9.34. The summed E-state index contributed by atoms with van der Waals surface area (Å²) in [5.74, 6) is 0.464. The maximum Gasteiger partial charge on any atom is 0.244 e. The van der Waals surface area contributed by atoms with Crippen LogP contribution in [0.15, 0.2) is 59.5 Å². The van der Waals surface area contributed by atoms with E-state index in [9.17, 15) is 4.79 Å². The number of fused-ring (bicyclic) bond motifs is 1. The molecule has 0 spiro atoms. The molecule has 3 rings (SSSR count). The van der Waals surface area contributed by atoms with Gasteiger partial charge in [-0.3, -0.25) is 4.79 Å². The topological polar surface area (TPSA) is 59.5 Å². The van der Waals surface area contributed by atoms with E-state index in [1.54, 1.807) is 24.5 Å². The summed E-state index contributed by atoms with van der Waals surface area (Å²) < 4.78 is 7.02. The van der Waals surface area contributed by atoms with E-state index in [0.717, 1.165) is 11.3 Å². The molecule has 0 saturated heterocycles. The zero-order chi connectivity index (χ0) is 13.8. The van der Waals surface area contributed by atoms with Crippen LogP contribution >= 0.6 is 0 Å². The fraction of sp³-hybridized carbons (Fsp3) is 0.0667. The minimum absolute atomic E-state index is 0.182. The third kappa shape index (κ3) is 2.77. The lowest BCUT2D eigenvalue weighted by Gasteiger charge is -1.97. The Kier molecular flexibility index (Phi) is 3.33. The van der Waals surface area contributed by atoms with Crippen LogP contribution in [0.25, 0.3) is 11.7 Å². The number of furan rings is 1. The van der Waals surface area contributed by atoms with Crippen molar-refractivity contribution in [2.75, 3.05) is 0 Å². The van der Waals surface area contributed by atoms with Crippen molar-refractivity contribution in [2.24, 2.45) is 0 Å². The van der Waals surface area contributed by atoms with Crippen LogP contribution in [0.3, 0.4) is 0 Å². The van der Waals surface area contributed by atoms with E-state index >= 15 is 0 Å². The number of nitrogens with one attached hydrogen (secondary N) is 1. The molecule has 0 aliphatic carbocycles. The Labute approximate surface area is 115 Å². The standard InChI is InChI=1S/C15H13N3O2/c19-15(7-6-13-4-3-9-20-13)16-10-12-11-18-8-2-1-5-14(18)17-12/h1-9,11H,10H2,(H,16,19)/b7-6+. The van der Waals surface area contributed by atoms with Crippen molar-refractivity contribution in [3.8, 4) is 0 Å². The molecular formula is C15H13N3O2. The molecule has 0 radical (unpaired) electrons. The molecule has 1 amide bonds. The average Bonchev–Trinajstić information content (AvgIpc) is 3.11. The van der Waals surface area contributed by atoms with Crippen molar-refractivity contribution >= 4 is 17.6 Å². The van der Waals surface area contributed by atoms with Gasteiger partial charge in [0.2, 0.25) is 5.91 Å². The first-order chi connectivity index (χ1) is 9.81. The number of carbonyl (C=O) groups is 1. The number of aromatic nitrogens is 2. The van der Waals surface area contributed by atoms with Crippen molar-refractivity contribution in [3.63, 3.8) is 0 Å². The first kappa shape index (κ1) is 12.2. The maximum absolute atomic E-state index is 11.7. The fourth-order valence-corrected chi connectivity index (χ4v) is 1.85. The molecule has 0 aliphatic rings. The summed E-state index contributed by atoms with van der Waals surface area (Å²) in [5, 5.41) is 2.78. The lowest BCUT2D eigenvalue weighted by Crippen LogP contribution is -2.20. The van der Waals surface area contributed by atoms with Gasteiger partial charge in [0, 0.05) is 18.5 Å². The molecule has 0 saturated carbocycles. The van der Waals surface area contributed by atoms with E-state index in [2.05, 4.69) is 10.3 Å². The van der Waals surface area contributed by atoms with Crippen molar-refractivity contribution < 1.29 is 9.21 Å². The highest BCUT2D eigenvalue weighted by atomic mass is 16.3. The maximum atomic E-state index is 11.7. The summed E-state index contributed by atoms with van der Waals surface area (Å²) in [5.41, 5.74) is 1.68. The Balaban J connectivity index is 1.60. The third-order valence-corrected chi connectivity index (χ3v) is 2.80. The largest absolute Gasteiger partial charge is 0.465 e. The van der Waals surface area contributed by atoms with Crippen LogP contribution < -0.4 is 5.32 Å². The van der Waals surface area contributed by atoms with Gasteiger partial charge >= 0.3 is 0 Å². The van der Waals surface area contributed by atoms with Gasteiger partial charge in [0.1, 0.15) is 11.4 Å². The molecule has 0 unspecified atom stereocenters. The minimum atomic E-state index is -0.182. The average molecular weight is 267 g/mol. The number of hydrogen-bond donors (Lipinski definition) is 1. The molecule has 0 atom stereocenters. The molecule has 3 heterocycles. The summed E-state index contributed by atoms with van der Waals surface area (Å²) >= 11 is 0. The van der Waals surface area contributed by atoms with Gasteiger partial charge in [-0.15, -0.1) is 0 Å². The number of nitrogens with zero attached hydrogens (tertiary/aromatic N) is 2. The van der Waals surface area contributed by atoms with E-state index < -0.39 is 0 Å². The molecule has 3 aromatic rings. The van der Waals surface area contributed by atoms with E-state index in [4.69, 9.17) is 4.42 Å². The van der Waals surface area contributed by atoms with Gasteiger partial charge in [0.25, 0.3) is 0 Å². The Morgan fingerprint density at radius 3 is 3.10 bits per heavy atom. The van der Waals surface area contributed by atoms with Crippen LogP contribution in [0.5, 0.6) is 0 Å². The summed E-state index contributed by atoms with van der Waals surface area (Å²) in [7, 11) is 0. The molecular weight excluding hydrogens is 254 g/mol. The quantitative estimate of drug-likeness (QED) is 0.738. The summed E-state index contributed by atoms with van der Waals surface area (Å²) in [6.45, 7) is 0.392. The molecule has 5 heteroatoms. The molecule has 0 aliphatic heterocycles. The smallest absolute Gasteiger partial charge is 0.244 e. The predicted molar refractivity (Wildman–Crippen MR) is 74.8 cm³/mol. The highest BCUT2D eigenvalue weighted by Crippen LogP contribution is 2.04. The Hall–Kier alpha value is -2.82.